The number of fused-ring (bicyclic) bond motifs is 1. The van der Waals surface area contributed by atoms with E-state index in [4.69, 9.17) is 9.41 Å². The molecular weight excluding hydrogens is 296 g/mol. The van der Waals surface area contributed by atoms with Gasteiger partial charge in [0.15, 0.2) is 0 Å². The number of nitrogens with one attached hydrogen (secondary N) is 1. The van der Waals surface area contributed by atoms with E-state index in [1.54, 1.807) is 0 Å². The summed E-state index contributed by atoms with van der Waals surface area (Å²) in [5.74, 6) is 2.50. The van der Waals surface area contributed by atoms with Gasteiger partial charge in [0.25, 0.3) is 0 Å². The molecule has 0 fully saturated rings. The van der Waals surface area contributed by atoms with Gasteiger partial charge in [0.1, 0.15) is 11.3 Å². The molecule has 1 aromatic heterocycles. The third-order valence-corrected chi connectivity index (χ3v) is 4.59. The minimum atomic E-state index is 0.351. The Hall–Kier alpha value is -2.55. The quantitative estimate of drug-likeness (QED) is 0.767. The van der Waals surface area contributed by atoms with Gasteiger partial charge in [-0.1, -0.05) is 48.5 Å². The molecule has 1 aliphatic rings. The highest BCUT2D eigenvalue weighted by Gasteiger charge is 2.24. The van der Waals surface area contributed by atoms with Crippen molar-refractivity contribution in [2.75, 3.05) is 6.54 Å². The fraction of sp³-hybridized carbons (Fsp3) is 0.286. The van der Waals surface area contributed by atoms with Crippen LogP contribution in [0.25, 0.3) is 11.0 Å². The molecule has 24 heavy (non-hydrogen) atoms. The second-order valence-corrected chi connectivity index (χ2v) is 6.61. The van der Waals surface area contributed by atoms with Crippen LogP contribution in [-0.4, -0.2) is 18.4 Å². The number of benzene rings is 2. The Morgan fingerprint density at radius 3 is 2.75 bits per heavy atom. The van der Waals surface area contributed by atoms with Gasteiger partial charge < -0.3 is 9.73 Å². The minimum absolute atomic E-state index is 0.351. The Labute approximate surface area is 142 Å². The van der Waals surface area contributed by atoms with E-state index in [0.717, 1.165) is 36.6 Å². The normalized spacial score (nSPS) is 18.5. The third kappa shape index (κ3) is 3.21. The molecule has 0 aliphatic carbocycles. The van der Waals surface area contributed by atoms with E-state index in [2.05, 4.69) is 54.7 Å². The Kier molecular flexibility index (Phi) is 4.08. The van der Waals surface area contributed by atoms with E-state index < -0.39 is 0 Å². The maximum Gasteiger partial charge on any atom is 0.134 e. The van der Waals surface area contributed by atoms with Crippen molar-refractivity contribution < 1.29 is 4.42 Å². The van der Waals surface area contributed by atoms with Crippen LogP contribution in [0.4, 0.5) is 0 Å². The molecule has 1 aliphatic heterocycles. The summed E-state index contributed by atoms with van der Waals surface area (Å²) in [7, 11) is 0. The number of amidine groups is 1. The average molecular weight is 318 g/mol. The van der Waals surface area contributed by atoms with Crippen molar-refractivity contribution in [2.45, 2.75) is 31.7 Å². The van der Waals surface area contributed by atoms with E-state index in [1.165, 1.54) is 10.9 Å². The zero-order valence-electron chi connectivity index (χ0n) is 13.9. The first-order valence-corrected chi connectivity index (χ1v) is 8.60. The molecule has 0 radical (unpaired) electrons. The van der Waals surface area contributed by atoms with Gasteiger partial charge in [0, 0.05) is 23.8 Å². The summed E-state index contributed by atoms with van der Waals surface area (Å²) in [6.07, 6.45) is 1.94. The molecule has 2 atom stereocenters. The number of hydrogen-bond donors (Lipinski definition) is 1. The van der Waals surface area contributed by atoms with E-state index in [0.29, 0.717) is 12.0 Å². The van der Waals surface area contributed by atoms with Gasteiger partial charge in [-0.05, 0) is 31.0 Å². The summed E-state index contributed by atoms with van der Waals surface area (Å²) in [6, 6.07) is 21.3. The van der Waals surface area contributed by atoms with Crippen LogP contribution >= 0.6 is 0 Å². The van der Waals surface area contributed by atoms with Crippen LogP contribution < -0.4 is 5.32 Å². The number of nitrogens with zero attached hydrogens (tertiary/aromatic N) is 1. The lowest BCUT2D eigenvalue weighted by molar-refractivity contribution is 0.507. The summed E-state index contributed by atoms with van der Waals surface area (Å²) >= 11 is 0. The second kappa shape index (κ2) is 6.52. The first-order chi connectivity index (χ1) is 11.8. The molecule has 0 saturated carbocycles. The molecule has 0 amide bonds. The van der Waals surface area contributed by atoms with Gasteiger partial charge in [-0.25, -0.2) is 0 Å². The van der Waals surface area contributed by atoms with Crippen molar-refractivity contribution in [3.63, 3.8) is 0 Å². The summed E-state index contributed by atoms with van der Waals surface area (Å²) in [5.41, 5.74) is 2.32. The smallest absolute Gasteiger partial charge is 0.134 e. The molecule has 2 aromatic carbocycles. The fourth-order valence-electron chi connectivity index (χ4n) is 3.38. The lowest BCUT2D eigenvalue weighted by atomic mass is 10.0. The Morgan fingerprint density at radius 2 is 1.92 bits per heavy atom. The summed E-state index contributed by atoms with van der Waals surface area (Å²) in [4.78, 5) is 4.69. The fourth-order valence-corrected chi connectivity index (χ4v) is 3.38. The van der Waals surface area contributed by atoms with E-state index >= 15 is 0 Å². The highest BCUT2D eigenvalue weighted by atomic mass is 16.3. The number of furan rings is 1. The van der Waals surface area contributed by atoms with Crippen LogP contribution in [-0.2, 0) is 6.42 Å². The van der Waals surface area contributed by atoms with Crippen molar-refractivity contribution in [2.24, 2.45) is 4.99 Å². The largest absolute Gasteiger partial charge is 0.461 e. The average Bonchev–Trinajstić information content (AvgIpc) is 3.22. The molecule has 3 aromatic rings. The maximum absolute atomic E-state index is 6.00. The van der Waals surface area contributed by atoms with Crippen LogP contribution in [0.2, 0.25) is 0 Å². The van der Waals surface area contributed by atoms with Gasteiger partial charge in [-0.15, -0.1) is 0 Å². The molecule has 3 nitrogen and oxygen atoms in total. The monoisotopic (exact) mass is 318 g/mol. The topological polar surface area (TPSA) is 37.5 Å². The van der Waals surface area contributed by atoms with Crippen LogP contribution in [0.3, 0.4) is 0 Å². The molecule has 2 unspecified atom stereocenters. The molecule has 4 rings (SSSR count). The van der Waals surface area contributed by atoms with E-state index in [-0.39, 0.29) is 0 Å². The Morgan fingerprint density at radius 1 is 1.12 bits per heavy atom. The standard InChI is InChI=1S/C21H22N2O/c1-15(11-16-7-3-2-4-8-16)23-21-13-18(14-22-21)20-12-17-9-5-6-10-19(17)24-20/h2-10,12,15,18H,11,13-14H2,1H3,(H,22,23). The number of aliphatic imine (C=N–C) groups is 1. The first-order valence-electron chi connectivity index (χ1n) is 8.60. The maximum atomic E-state index is 6.00. The predicted molar refractivity (Wildman–Crippen MR) is 98.6 cm³/mol. The summed E-state index contributed by atoms with van der Waals surface area (Å²) in [6.45, 7) is 3.02. The predicted octanol–water partition coefficient (Wildman–Crippen LogP) is 4.54. The molecular formula is C21H22N2O. The Bertz CT molecular complexity index is 817. The lowest BCUT2D eigenvalue weighted by Gasteiger charge is -2.15. The number of rotatable bonds is 4. The first kappa shape index (κ1) is 15.0. The molecule has 0 spiro atoms. The van der Waals surface area contributed by atoms with Crippen molar-refractivity contribution in [1.29, 1.82) is 0 Å². The van der Waals surface area contributed by atoms with Crippen molar-refractivity contribution in [3.05, 3.63) is 72.0 Å². The molecule has 122 valence electrons. The highest BCUT2D eigenvalue weighted by molar-refractivity contribution is 5.85. The second-order valence-electron chi connectivity index (χ2n) is 6.61. The van der Waals surface area contributed by atoms with Crippen LogP contribution in [0.5, 0.6) is 0 Å². The summed E-state index contributed by atoms with van der Waals surface area (Å²) < 4.78 is 6.00. The zero-order chi connectivity index (χ0) is 16.4. The van der Waals surface area contributed by atoms with E-state index in [1.807, 2.05) is 18.2 Å². The van der Waals surface area contributed by atoms with E-state index in [9.17, 15) is 0 Å². The molecule has 3 heteroatoms. The molecule has 2 heterocycles. The van der Waals surface area contributed by atoms with Gasteiger partial charge in [0.05, 0.1) is 12.4 Å². The van der Waals surface area contributed by atoms with Gasteiger partial charge in [0.2, 0.25) is 0 Å². The number of para-hydroxylation sites is 1. The van der Waals surface area contributed by atoms with Gasteiger partial charge in [-0.3, -0.25) is 4.99 Å². The molecule has 0 bridgehead atoms. The lowest BCUT2D eigenvalue weighted by Crippen LogP contribution is -2.33. The van der Waals surface area contributed by atoms with Gasteiger partial charge in [-0.2, -0.15) is 0 Å². The van der Waals surface area contributed by atoms with Crippen molar-refractivity contribution >= 4 is 16.8 Å². The van der Waals surface area contributed by atoms with Crippen LogP contribution in [0.1, 0.15) is 30.6 Å². The zero-order valence-corrected chi connectivity index (χ0v) is 13.9. The number of hydrogen-bond acceptors (Lipinski definition) is 3. The summed E-state index contributed by atoms with van der Waals surface area (Å²) in [5, 5.41) is 4.74. The Balaban J connectivity index is 1.37. The van der Waals surface area contributed by atoms with Crippen molar-refractivity contribution in [3.8, 4) is 0 Å². The van der Waals surface area contributed by atoms with Crippen LogP contribution in [0, 0.1) is 0 Å². The third-order valence-electron chi connectivity index (χ3n) is 4.59. The highest BCUT2D eigenvalue weighted by Crippen LogP contribution is 2.30. The van der Waals surface area contributed by atoms with Crippen molar-refractivity contribution in [1.82, 2.24) is 5.32 Å². The SMILES string of the molecule is CC(Cc1ccccc1)NC1=NCC(c2cc3ccccc3o2)C1. The molecule has 0 saturated heterocycles. The molecule has 1 N–H and O–H groups in total. The van der Waals surface area contributed by atoms with Gasteiger partial charge >= 0.3 is 0 Å². The minimum Gasteiger partial charge on any atom is -0.461 e. The van der Waals surface area contributed by atoms with Crippen LogP contribution in [0.15, 0.2) is 70.1 Å².